The SMILES string of the molecule is Cc1c(C=CCN2CCN(c3cc(F)cc(F)c3)CC2)cnn1-c1cc(N(CCO)CCO)nc(N)n1.Cl. The maximum atomic E-state index is 13.5. The van der Waals surface area contributed by atoms with Gasteiger partial charge < -0.3 is 25.7 Å². The molecule has 206 valence electrons. The van der Waals surface area contributed by atoms with Gasteiger partial charge in [-0.2, -0.15) is 15.1 Å². The highest BCUT2D eigenvalue weighted by atomic mass is 35.5. The van der Waals surface area contributed by atoms with Crippen molar-refractivity contribution in [3.63, 3.8) is 0 Å². The van der Waals surface area contributed by atoms with Crippen molar-refractivity contribution in [1.29, 1.82) is 0 Å². The summed E-state index contributed by atoms with van der Waals surface area (Å²) in [5.74, 6) is -0.0711. The van der Waals surface area contributed by atoms with Crippen molar-refractivity contribution in [2.45, 2.75) is 6.92 Å². The van der Waals surface area contributed by atoms with Gasteiger partial charge in [0.15, 0.2) is 5.82 Å². The molecule has 13 heteroatoms. The molecule has 3 heterocycles. The number of anilines is 3. The van der Waals surface area contributed by atoms with Gasteiger partial charge in [0.25, 0.3) is 0 Å². The predicted molar refractivity (Wildman–Crippen MR) is 146 cm³/mol. The molecule has 1 aliphatic heterocycles. The number of benzene rings is 1. The summed E-state index contributed by atoms with van der Waals surface area (Å²) in [5.41, 5.74) is 8.30. The highest BCUT2D eigenvalue weighted by Crippen LogP contribution is 2.21. The van der Waals surface area contributed by atoms with Gasteiger partial charge in [0, 0.05) is 69.2 Å². The number of aliphatic hydroxyl groups is 2. The minimum Gasteiger partial charge on any atom is -0.395 e. The van der Waals surface area contributed by atoms with E-state index < -0.39 is 11.6 Å². The first kappa shape index (κ1) is 29.2. The number of hydrogen-bond acceptors (Lipinski definition) is 9. The van der Waals surface area contributed by atoms with E-state index in [1.165, 1.54) is 12.1 Å². The van der Waals surface area contributed by atoms with Crippen LogP contribution < -0.4 is 15.5 Å². The van der Waals surface area contributed by atoms with E-state index in [0.29, 0.717) is 43.5 Å². The molecule has 1 saturated heterocycles. The Morgan fingerprint density at radius 2 is 1.66 bits per heavy atom. The molecular weight excluding hydrogens is 518 g/mol. The summed E-state index contributed by atoms with van der Waals surface area (Å²) in [6.07, 6.45) is 5.82. The number of halogens is 3. The first-order valence-electron chi connectivity index (χ1n) is 12.1. The van der Waals surface area contributed by atoms with E-state index in [0.717, 1.165) is 37.0 Å². The lowest BCUT2D eigenvalue weighted by atomic mass is 10.2. The summed E-state index contributed by atoms with van der Waals surface area (Å²) in [5, 5.41) is 23.1. The van der Waals surface area contributed by atoms with Gasteiger partial charge in [-0.15, -0.1) is 12.4 Å². The Morgan fingerprint density at radius 1 is 1.00 bits per heavy atom. The Hall–Kier alpha value is -3.32. The van der Waals surface area contributed by atoms with Crippen molar-refractivity contribution >= 4 is 35.9 Å². The zero-order valence-electron chi connectivity index (χ0n) is 21.2. The lowest BCUT2D eigenvalue weighted by molar-refractivity contribution is 0.280. The summed E-state index contributed by atoms with van der Waals surface area (Å²) in [4.78, 5) is 14.5. The molecular formula is C25H33ClF2N8O2. The molecule has 3 aromatic rings. The third-order valence-corrected chi connectivity index (χ3v) is 6.29. The molecule has 2 aromatic heterocycles. The Balaban J connectivity index is 0.00000400. The number of nitrogens with two attached hydrogens (primary N) is 1. The van der Waals surface area contributed by atoms with Gasteiger partial charge >= 0.3 is 0 Å². The number of nitrogens with zero attached hydrogens (tertiary/aromatic N) is 7. The topological polar surface area (TPSA) is 120 Å². The van der Waals surface area contributed by atoms with E-state index >= 15 is 0 Å². The summed E-state index contributed by atoms with van der Waals surface area (Å²) in [7, 11) is 0. The van der Waals surface area contributed by atoms with Crippen LogP contribution >= 0.6 is 12.4 Å². The largest absolute Gasteiger partial charge is 0.395 e. The standard InChI is InChI=1S/C25H32F2N8O2.ClH/c1-18-19(3-2-4-32-5-7-33(8-6-32)22-14-20(26)13-21(27)15-22)17-29-35(18)24-16-23(30-25(28)31-24)34(9-11-36)10-12-37;/h2-3,13-17,36-37H,4-12H2,1H3,(H2,28,30,31);1H. The van der Waals surface area contributed by atoms with Crippen molar-refractivity contribution < 1.29 is 19.0 Å². The quantitative estimate of drug-likeness (QED) is 0.347. The minimum atomic E-state index is -0.565. The fourth-order valence-electron chi connectivity index (χ4n) is 4.35. The van der Waals surface area contributed by atoms with E-state index in [-0.39, 0.29) is 31.6 Å². The van der Waals surface area contributed by atoms with Crippen LogP contribution in [0.3, 0.4) is 0 Å². The van der Waals surface area contributed by atoms with Gasteiger partial charge in [-0.05, 0) is 19.1 Å². The van der Waals surface area contributed by atoms with Gasteiger partial charge in [0.2, 0.25) is 5.95 Å². The van der Waals surface area contributed by atoms with Crippen LogP contribution in [0.1, 0.15) is 11.3 Å². The van der Waals surface area contributed by atoms with Gasteiger partial charge in [-0.25, -0.2) is 13.5 Å². The van der Waals surface area contributed by atoms with Crippen molar-refractivity contribution in [3.8, 4) is 5.82 Å². The lowest BCUT2D eigenvalue weighted by Gasteiger charge is -2.35. The molecule has 0 unspecified atom stereocenters. The van der Waals surface area contributed by atoms with E-state index in [1.807, 2.05) is 17.9 Å². The van der Waals surface area contributed by atoms with Gasteiger partial charge in [0.05, 0.1) is 25.1 Å². The first-order valence-corrected chi connectivity index (χ1v) is 12.1. The predicted octanol–water partition coefficient (Wildman–Crippen LogP) is 1.88. The highest BCUT2D eigenvalue weighted by molar-refractivity contribution is 5.85. The number of aliphatic hydroxyl groups excluding tert-OH is 2. The van der Waals surface area contributed by atoms with Crippen molar-refractivity contribution in [2.75, 3.05) is 74.6 Å². The Bertz CT molecular complexity index is 1210. The zero-order chi connectivity index (χ0) is 26.4. The second-order valence-corrected chi connectivity index (χ2v) is 8.79. The Labute approximate surface area is 226 Å². The number of aromatic nitrogens is 4. The molecule has 0 saturated carbocycles. The maximum Gasteiger partial charge on any atom is 0.224 e. The van der Waals surface area contributed by atoms with Crippen LogP contribution in [-0.2, 0) is 0 Å². The molecule has 0 radical (unpaired) electrons. The van der Waals surface area contributed by atoms with Crippen LogP contribution in [0.25, 0.3) is 11.9 Å². The summed E-state index contributed by atoms with van der Waals surface area (Å²) in [6.45, 7) is 6.03. The molecule has 1 fully saturated rings. The zero-order valence-corrected chi connectivity index (χ0v) is 22.0. The third kappa shape index (κ3) is 7.16. The van der Waals surface area contributed by atoms with Crippen molar-refractivity contribution in [1.82, 2.24) is 24.6 Å². The average Bonchev–Trinajstić information content (AvgIpc) is 3.23. The molecule has 0 aliphatic carbocycles. The van der Waals surface area contributed by atoms with Crippen molar-refractivity contribution in [3.05, 3.63) is 59.4 Å². The molecule has 1 aromatic carbocycles. The monoisotopic (exact) mass is 550 g/mol. The van der Waals surface area contributed by atoms with Gasteiger partial charge in [-0.1, -0.05) is 12.2 Å². The number of nitrogen functional groups attached to an aromatic ring is 1. The number of piperazine rings is 1. The number of hydrogen-bond donors (Lipinski definition) is 3. The second-order valence-electron chi connectivity index (χ2n) is 8.79. The summed E-state index contributed by atoms with van der Waals surface area (Å²) >= 11 is 0. The minimum absolute atomic E-state index is 0. The highest BCUT2D eigenvalue weighted by Gasteiger charge is 2.18. The van der Waals surface area contributed by atoms with Gasteiger partial charge in [0.1, 0.15) is 17.5 Å². The molecule has 1 aliphatic rings. The molecule has 0 bridgehead atoms. The smallest absolute Gasteiger partial charge is 0.224 e. The molecule has 0 spiro atoms. The van der Waals surface area contributed by atoms with Crippen LogP contribution in [-0.4, -0.2) is 93.9 Å². The van der Waals surface area contributed by atoms with Crippen LogP contribution in [0.5, 0.6) is 0 Å². The Morgan fingerprint density at radius 3 is 2.29 bits per heavy atom. The van der Waals surface area contributed by atoms with E-state index in [1.54, 1.807) is 21.8 Å². The van der Waals surface area contributed by atoms with Crippen LogP contribution in [0, 0.1) is 18.6 Å². The summed E-state index contributed by atoms with van der Waals surface area (Å²) in [6, 6.07) is 5.34. The third-order valence-electron chi connectivity index (χ3n) is 6.29. The van der Waals surface area contributed by atoms with Gasteiger partial charge in [-0.3, -0.25) is 4.90 Å². The molecule has 0 atom stereocenters. The van der Waals surface area contributed by atoms with Crippen molar-refractivity contribution in [2.24, 2.45) is 0 Å². The molecule has 38 heavy (non-hydrogen) atoms. The normalized spacial score (nSPS) is 14.2. The number of rotatable bonds is 10. The summed E-state index contributed by atoms with van der Waals surface area (Å²) < 4.78 is 28.8. The fraction of sp³-hybridized carbons (Fsp3) is 0.400. The van der Waals surface area contributed by atoms with Crippen LogP contribution in [0.15, 0.2) is 36.5 Å². The first-order chi connectivity index (χ1) is 17.9. The maximum absolute atomic E-state index is 13.5. The lowest BCUT2D eigenvalue weighted by Crippen LogP contribution is -2.46. The van der Waals surface area contributed by atoms with Crippen LogP contribution in [0.4, 0.5) is 26.2 Å². The molecule has 4 rings (SSSR count). The second kappa shape index (κ2) is 13.5. The van der Waals surface area contributed by atoms with E-state index in [9.17, 15) is 19.0 Å². The van der Waals surface area contributed by atoms with Crippen LogP contribution in [0.2, 0.25) is 0 Å². The molecule has 10 nitrogen and oxygen atoms in total. The van der Waals surface area contributed by atoms with E-state index in [4.69, 9.17) is 5.73 Å². The Kier molecular flexibility index (Phi) is 10.4. The molecule has 4 N–H and O–H groups in total. The van der Waals surface area contributed by atoms with E-state index in [2.05, 4.69) is 26.0 Å². The average molecular weight is 551 g/mol. The molecule has 0 amide bonds. The fourth-order valence-corrected chi connectivity index (χ4v) is 4.35.